The third-order valence-corrected chi connectivity index (χ3v) is 3.63. The number of hydrogen-bond donors (Lipinski definition) is 1. The molecule has 0 radical (unpaired) electrons. The molecule has 2 aromatic rings. The van der Waals surface area contributed by atoms with Crippen LogP contribution in [-0.2, 0) is 6.54 Å². The largest absolute Gasteiger partial charge is 0.380 e. The Kier molecular flexibility index (Phi) is 4.10. The highest BCUT2D eigenvalue weighted by Gasteiger charge is 2.01. The average molecular weight is 243 g/mol. The normalized spacial score (nSPS) is 10.2. The molecule has 2 heteroatoms. The minimum Gasteiger partial charge on any atom is -0.380 e. The SMILES string of the molecule is CSc1ccccc1NCc1ccccc1C. The molecule has 0 saturated heterocycles. The maximum absolute atomic E-state index is 3.50. The first-order valence-electron chi connectivity index (χ1n) is 5.72. The third-order valence-electron chi connectivity index (χ3n) is 2.84. The molecule has 0 atom stereocenters. The number of thioether (sulfide) groups is 1. The first-order valence-corrected chi connectivity index (χ1v) is 6.95. The fourth-order valence-electron chi connectivity index (χ4n) is 1.79. The van der Waals surface area contributed by atoms with Crippen molar-refractivity contribution in [3.05, 3.63) is 59.7 Å². The molecule has 0 aromatic heterocycles. The Morgan fingerprint density at radius 1 is 1.00 bits per heavy atom. The van der Waals surface area contributed by atoms with Crippen LogP contribution in [0.25, 0.3) is 0 Å². The molecule has 0 bridgehead atoms. The van der Waals surface area contributed by atoms with E-state index in [4.69, 9.17) is 0 Å². The van der Waals surface area contributed by atoms with Crippen molar-refractivity contribution in [3.63, 3.8) is 0 Å². The van der Waals surface area contributed by atoms with Crippen LogP contribution >= 0.6 is 11.8 Å². The third kappa shape index (κ3) is 3.04. The average Bonchev–Trinajstić information content (AvgIpc) is 2.38. The molecule has 1 nitrogen and oxygen atoms in total. The number of benzene rings is 2. The molecule has 0 amide bonds. The monoisotopic (exact) mass is 243 g/mol. The van der Waals surface area contributed by atoms with E-state index in [1.807, 2.05) is 0 Å². The second-order valence-electron chi connectivity index (χ2n) is 3.98. The molecule has 0 aliphatic heterocycles. The number of rotatable bonds is 4. The van der Waals surface area contributed by atoms with E-state index >= 15 is 0 Å². The molecule has 1 N–H and O–H groups in total. The summed E-state index contributed by atoms with van der Waals surface area (Å²) in [4.78, 5) is 1.29. The van der Waals surface area contributed by atoms with E-state index in [9.17, 15) is 0 Å². The Morgan fingerprint density at radius 3 is 2.47 bits per heavy atom. The molecule has 0 aliphatic rings. The van der Waals surface area contributed by atoms with Crippen LogP contribution in [0, 0.1) is 6.92 Å². The molecule has 2 rings (SSSR count). The van der Waals surface area contributed by atoms with Gasteiger partial charge >= 0.3 is 0 Å². The lowest BCUT2D eigenvalue weighted by Gasteiger charge is -2.11. The first kappa shape index (κ1) is 12.1. The van der Waals surface area contributed by atoms with Crippen LogP contribution in [-0.4, -0.2) is 6.26 Å². The highest BCUT2D eigenvalue weighted by Crippen LogP contribution is 2.25. The zero-order chi connectivity index (χ0) is 12.1. The van der Waals surface area contributed by atoms with E-state index in [0.717, 1.165) is 6.54 Å². The minimum atomic E-state index is 0.879. The summed E-state index contributed by atoms with van der Waals surface area (Å²) in [7, 11) is 0. The van der Waals surface area contributed by atoms with Gasteiger partial charge in [-0.1, -0.05) is 36.4 Å². The maximum atomic E-state index is 3.50. The van der Waals surface area contributed by atoms with Gasteiger partial charge in [0.2, 0.25) is 0 Å². The van der Waals surface area contributed by atoms with Gasteiger partial charge in [0.25, 0.3) is 0 Å². The van der Waals surface area contributed by atoms with Gasteiger partial charge in [0.1, 0.15) is 0 Å². The lowest BCUT2D eigenvalue weighted by molar-refractivity contribution is 1.11. The van der Waals surface area contributed by atoms with Crippen molar-refractivity contribution < 1.29 is 0 Å². The second-order valence-corrected chi connectivity index (χ2v) is 4.83. The predicted octanol–water partition coefficient (Wildman–Crippen LogP) is 4.33. The van der Waals surface area contributed by atoms with E-state index in [0.29, 0.717) is 0 Å². The Labute approximate surface area is 107 Å². The van der Waals surface area contributed by atoms with E-state index in [2.05, 4.69) is 67.0 Å². The topological polar surface area (TPSA) is 12.0 Å². The molecule has 0 spiro atoms. The number of aryl methyl sites for hydroxylation is 1. The summed E-state index contributed by atoms with van der Waals surface area (Å²) in [5.74, 6) is 0. The van der Waals surface area contributed by atoms with Crippen LogP contribution < -0.4 is 5.32 Å². The quantitative estimate of drug-likeness (QED) is 0.802. The Balaban J connectivity index is 2.10. The summed E-state index contributed by atoms with van der Waals surface area (Å²) >= 11 is 1.77. The summed E-state index contributed by atoms with van der Waals surface area (Å²) in [5.41, 5.74) is 3.90. The fraction of sp³-hybridized carbons (Fsp3) is 0.200. The van der Waals surface area contributed by atoms with Gasteiger partial charge in [0.05, 0.1) is 0 Å². The van der Waals surface area contributed by atoms with E-state index < -0.39 is 0 Å². The molecular weight excluding hydrogens is 226 g/mol. The van der Waals surface area contributed by atoms with Crippen LogP contribution in [0.4, 0.5) is 5.69 Å². The van der Waals surface area contributed by atoms with Crippen molar-refractivity contribution >= 4 is 17.4 Å². The molecule has 0 heterocycles. The van der Waals surface area contributed by atoms with Gasteiger partial charge in [-0.3, -0.25) is 0 Å². The van der Waals surface area contributed by atoms with Crippen LogP contribution in [0.15, 0.2) is 53.4 Å². The summed E-state index contributed by atoms with van der Waals surface area (Å²) in [6.07, 6.45) is 2.11. The van der Waals surface area contributed by atoms with Crippen LogP contribution in [0.2, 0.25) is 0 Å². The summed E-state index contributed by atoms with van der Waals surface area (Å²) in [5, 5.41) is 3.50. The van der Waals surface area contributed by atoms with E-state index in [1.165, 1.54) is 21.7 Å². The maximum Gasteiger partial charge on any atom is 0.0480 e. The zero-order valence-electron chi connectivity index (χ0n) is 10.2. The Morgan fingerprint density at radius 2 is 1.71 bits per heavy atom. The van der Waals surface area contributed by atoms with Gasteiger partial charge in [-0.15, -0.1) is 11.8 Å². The fourth-order valence-corrected chi connectivity index (χ4v) is 2.36. The summed E-state index contributed by atoms with van der Waals surface area (Å²) < 4.78 is 0. The van der Waals surface area contributed by atoms with E-state index in [-0.39, 0.29) is 0 Å². The molecular formula is C15H17NS. The molecule has 0 unspecified atom stereocenters. The lowest BCUT2D eigenvalue weighted by Crippen LogP contribution is -2.01. The summed E-state index contributed by atoms with van der Waals surface area (Å²) in [6.45, 7) is 3.03. The van der Waals surface area contributed by atoms with Crippen LogP contribution in [0.1, 0.15) is 11.1 Å². The van der Waals surface area contributed by atoms with Gasteiger partial charge in [0, 0.05) is 17.1 Å². The van der Waals surface area contributed by atoms with Gasteiger partial charge in [-0.25, -0.2) is 0 Å². The van der Waals surface area contributed by atoms with Crippen molar-refractivity contribution in [2.75, 3.05) is 11.6 Å². The molecule has 0 fully saturated rings. The van der Waals surface area contributed by atoms with Gasteiger partial charge in [0.15, 0.2) is 0 Å². The van der Waals surface area contributed by atoms with Crippen LogP contribution in [0.5, 0.6) is 0 Å². The summed E-state index contributed by atoms with van der Waals surface area (Å²) in [6, 6.07) is 16.9. The van der Waals surface area contributed by atoms with Gasteiger partial charge in [-0.2, -0.15) is 0 Å². The highest BCUT2D eigenvalue weighted by atomic mass is 32.2. The van der Waals surface area contributed by atoms with Crippen molar-refractivity contribution in [2.45, 2.75) is 18.4 Å². The predicted molar refractivity (Wildman–Crippen MR) is 76.7 cm³/mol. The van der Waals surface area contributed by atoms with Crippen molar-refractivity contribution in [1.29, 1.82) is 0 Å². The number of nitrogens with one attached hydrogen (secondary N) is 1. The zero-order valence-corrected chi connectivity index (χ0v) is 11.1. The Bertz CT molecular complexity index is 494. The molecule has 0 saturated carbocycles. The first-order chi connectivity index (χ1) is 8.31. The molecule has 88 valence electrons. The van der Waals surface area contributed by atoms with Crippen LogP contribution in [0.3, 0.4) is 0 Å². The van der Waals surface area contributed by atoms with Crippen molar-refractivity contribution in [1.82, 2.24) is 0 Å². The number of hydrogen-bond acceptors (Lipinski definition) is 2. The second kappa shape index (κ2) is 5.78. The smallest absolute Gasteiger partial charge is 0.0480 e. The van der Waals surface area contributed by atoms with Gasteiger partial charge in [-0.05, 0) is 36.4 Å². The highest BCUT2D eigenvalue weighted by molar-refractivity contribution is 7.98. The Hall–Kier alpha value is -1.41. The van der Waals surface area contributed by atoms with Gasteiger partial charge < -0.3 is 5.32 Å². The number of anilines is 1. The lowest BCUT2D eigenvalue weighted by atomic mass is 10.1. The standard InChI is InChI=1S/C15H17NS/c1-12-7-3-4-8-13(12)11-16-14-9-5-6-10-15(14)17-2/h3-10,16H,11H2,1-2H3. The number of para-hydroxylation sites is 1. The van der Waals surface area contributed by atoms with Crippen molar-refractivity contribution in [3.8, 4) is 0 Å². The minimum absolute atomic E-state index is 0.879. The van der Waals surface area contributed by atoms with Crippen molar-refractivity contribution in [2.24, 2.45) is 0 Å². The van der Waals surface area contributed by atoms with E-state index in [1.54, 1.807) is 11.8 Å². The molecule has 0 aliphatic carbocycles. The molecule has 2 aromatic carbocycles. The molecule has 17 heavy (non-hydrogen) atoms.